The second kappa shape index (κ2) is 13.7. The van der Waals surface area contributed by atoms with Gasteiger partial charge in [0.15, 0.2) is 0 Å². The van der Waals surface area contributed by atoms with E-state index < -0.39 is 5.92 Å². The van der Waals surface area contributed by atoms with Gasteiger partial charge in [-0.25, -0.2) is 4.79 Å². The van der Waals surface area contributed by atoms with Gasteiger partial charge in [0.05, 0.1) is 24.7 Å². The van der Waals surface area contributed by atoms with E-state index in [9.17, 15) is 9.59 Å². The van der Waals surface area contributed by atoms with Crippen molar-refractivity contribution in [2.24, 2.45) is 5.92 Å². The van der Waals surface area contributed by atoms with Crippen LogP contribution >= 0.6 is 0 Å². The van der Waals surface area contributed by atoms with E-state index in [-0.39, 0.29) is 11.9 Å². The summed E-state index contributed by atoms with van der Waals surface area (Å²) in [5.41, 5.74) is 0.433. The first-order valence-corrected chi connectivity index (χ1v) is 9.91. The fraction of sp³-hybridized carbons (Fsp3) is 0.714. The van der Waals surface area contributed by atoms with Gasteiger partial charge in [-0.1, -0.05) is 70.6 Å². The van der Waals surface area contributed by atoms with Gasteiger partial charge in [0.2, 0.25) is 0 Å². The largest absolute Gasteiger partial charge is 0.465 e. The van der Waals surface area contributed by atoms with E-state index in [0.29, 0.717) is 25.2 Å². The average Bonchev–Trinajstić information content (AvgIpc) is 2.87. The predicted molar refractivity (Wildman–Crippen MR) is 100 cm³/mol. The molecule has 4 nitrogen and oxygen atoms in total. The normalized spacial score (nSPS) is 16.9. The zero-order chi connectivity index (χ0) is 18.3. The molecule has 1 aliphatic rings. The fourth-order valence-corrected chi connectivity index (χ4v) is 2.84. The van der Waals surface area contributed by atoms with Crippen molar-refractivity contribution in [2.75, 3.05) is 13.2 Å². The van der Waals surface area contributed by atoms with E-state index in [0.717, 1.165) is 57.8 Å². The van der Waals surface area contributed by atoms with Crippen LogP contribution in [-0.4, -0.2) is 25.2 Å². The highest BCUT2D eigenvalue weighted by molar-refractivity contribution is 5.96. The molecule has 142 valence electrons. The molecule has 1 unspecified atom stereocenters. The van der Waals surface area contributed by atoms with Crippen LogP contribution in [0.25, 0.3) is 0 Å². The van der Waals surface area contributed by atoms with E-state index >= 15 is 0 Å². The monoisotopic (exact) mass is 350 g/mol. The van der Waals surface area contributed by atoms with Crippen LogP contribution in [-0.2, 0) is 19.1 Å². The highest BCUT2D eigenvalue weighted by Crippen LogP contribution is 2.24. The summed E-state index contributed by atoms with van der Waals surface area (Å²) in [7, 11) is 0. The van der Waals surface area contributed by atoms with E-state index in [2.05, 4.69) is 13.8 Å². The SMILES string of the molecule is CCCCCCOC(=O)C1=CC=CCCC1C(=O)OCCCCCC. The fourth-order valence-electron chi connectivity index (χ4n) is 2.84. The number of esters is 2. The maximum atomic E-state index is 12.4. The highest BCUT2D eigenvalue weighted by atomic mass is 16.5. The summed E-state index contributed by atoms with van der Waals surface area (Å²) in [4.78, 5) is 24.8. The number of ether oxygens (including phenoxy) is 2. The van der Waals surface area contributed by atoms with Crippen LogP contribution in [0.5, 0.6) is 0 Å². The smallest absolute Gasteiger partial charge is 0.334 e. The summed E-state index contributed by atoms with van der Waals surface area (Å²) in [5, 5.41) is 0. The highest BCUT2D eigenvalue weighted by Gasteiger charge is 2.30. The molecule has 0 aromatic rings. The number of carbonyl (C=O) groups excluding carboxylic acids is 2. The zero-order valence-corrected chi connectivity index (χ0v) is 15.9. The minimum atomic E-state index is -0.510. The van der Waals surface area contributed by atoms with Gasteiger partial charge in [-0.2, -0.15) is 0 Å². The molecule has 25 heavy (non-hydrogen) atoms. The topological polar surface area (TPSA) is 52.6 Å². The molecule has 1 rings (SSSR count). The Morgan fingerprint density at radius 2 is 1.60 bits per heavy atom. The molecule has 0 radical (unpaired) electrons. The lowest BCUT2D eigenvalue weighted by atomic mass is 9.95. The molecule has 0 saturated carbocycles. The quantitative estimate of drug-likeness (QED) is 0.362. The van der Waals surface area contributed by atoms with Gasteiger partial charge < -0.3 is 9.47 Å². The van der Waals surface area contributed by atoms with Crippen LogP contribution in [0.2, 0.25) is 0 Å². The van der Waals surface area contributed by atoms with Gasteiger partial charge >= 0.3 is 11.9 Å². The van der Waals surface area contributed by atoms with Crippen molar-refractivity contribution < 1.29 is 19.1 Å². The number of hydrogen-bond acceptors (Lipinski definition) is 4. The van der Waals surface area contributed by atoms with Crippen molar-refractivity contribution in [1.82, 2.24) is 0 Å². The Hall–Kier alpha value is -1.58. The average molecular weight is 350 g/mol. The van der Waals surface area contributed by atoms with E-state index in [1.807, 2.05) is 12.2 Å². The third-order valence-corrected chi connectivity index (χ3v) is 4.40. The molecule has 0 aromatic carbocycles. The lowest BCUT2D eigenvalue weighted by Gasteiger charge is -2.17. The number of rotatable bonds is 12. The Kier molecular flexibility index (Phi) is 11.7. The van der Waals surface area contributed by atoms with E-state index in [4.69, 9.17) is 9.47 Å². The summed E-state index contributed by atoms with van der Waals surface area (Å²) >= 11 is 0. The molecule has 0 bridgehead atoms. The van der Waals surface area contributed by atoms with Crippen molar-refractivity contribution >= 4 is 11.9 Å². The number of unbranched alkanes of at least 4 members (excludes halogenated alkanes) is 6. The van der Waals surface area contributed by atoms with Crippen molar-refractivity contribution in [1.29, 1.82) is 0 Å². The molecular formula is C21H34O4. The molecule has 0 heterocycles. The molecule has 0 N–H and O–H groups in total. The van der Waals surface area contributed by atoms with Gasteiger partial charge in [0.25, 0.3) is 0 Å². The first kappa shape index (κ1) is 21.5. The Bertz CT molecular complexity index is 451. The summed E-state index contributed by atoms with van der Waals surface area (Å²) < 4.78 is 10.8. The Morgan fingerprint density at radius 1 is 0.960 bits per heavy atom. The lowest BCUT2D eigenvalue weighted by molar-refractivity contribution is -0.151. The van der Waals surface area contributed by atoms with Crippen molar-refractivity contribution in [3.8, 4) is 0 Å². The molecule has 1 atom stereocenters. The number of carbonyl (C=O) groups is 2. The first-order chi connectivity index (χ1) is 12.2. The van der Waals surface area contributed by atoms with Crippen molar-refractivity contribution in [3.63, 3.8) is 0 Å². The Labute approximate surface area is 152 Å². The maximum Gasteiger partial charge on any atom is 0.334 e. The molecular weight excluding hydrogens is 316 g/mol. The number of allylic oxidation sites excluding steroid dienone is 3. The second-order valence-electron chi connectivity index (χ2n) is 6.60. The molecule has 0 fully saturated rings. The first-order valence-electron chi connectivity index (χ1n) is 9.91. The molecule has 0 aromatic heterocycles. The maximum absolute atomic E-state index is 12.4. The standard InChI is InChI=1S/C21H34O4/c1-3-5-7-12-16-24-20(22)18-14-10-9-11-15-19(18)21(23)25-17-13-8-6-4-2/h9-10,14,19H,3-8,11-13,15-17H2,1-2H3. The molecule has 4 heteroatoms. The van der Waals surface area contributed by atoms with Crippen molar-refractivity contribution in [3.05, 3.63) is 23.8 Å². The predicted octanol–water partition coefficient (Wildman–Crippen LogP) is 5.13. The number of hydrogen-bond donors (Lipinski definition) is 0. The molecule has 0 aliphatic heterocycles. The van der Waals surface area contributed by atoms with Crippen LogP contribution in [0.1, 0.15) is 78.1 Å². The van der Waals surface area contributed by atoms with Crippen LogP contribution in [0, 0.1) is 5.92 Å². The Balaban J connectivity index is 2.48. The minimum Gasteiger partial charge on any atom is -0.465 e. The zero-order valence-electron chi connectivity index (χ0n) is 15.9. The van der Waals surface area contributed by atoms with Gasteiger partial charge in [0, 0.05) is 0 Å². The minimum absolute atomic E-state index is 0.297. The molecule has 1 aliphatic carbocycles. The summed E-state index contributed by atoms with van der Waals surface area (Å²) in [6, 6.07) is 0. The van der Waals surface area contributed by atoms with Crippen LogP contribution in [0.3, 0.4) is 0 Å². The van der Waals surface area contributed by atoms with E-state index in [1.54, 1.807) is 6.08 Å². The van der Waals surface area contributed by atoms with Gasteiger partial charge in [-0.05, 0) is 25.7 Å². The molecule has 0 spiro atoms. The second-order valence-corrected chi connectivity index (χ2v) is 6.60. The lowest BCUT2D eigenvalue weighted by Crippen LogP contribution is -2.25. The summed E-state index contributed by atoms with van der Waals surface area (Å²) in [5.74, 6) is -1.19. The van der Waals surface area contributed by atoms with Crippen LogP contribution in [0.15, 0.2) is 23.8 Å². The third kappa shape index (κ3) is 8.89. The van der Waals surface area contributed by atoms with Crippen molar-refractivity contribution in [2.45, 2.75) is 78.1 Å². The van der Waals surface area contributed by atoms with Crippen LogP contribution in [0.4, 0.5) is 0 Å². The van der Waals surface area contributed by atoms with E-state index in [1.165, 1.54) is 0 Å². The van der Waals surface area contributed by atoms with Crippen LogP contribution < -0.4 is 0 Å². The molecule has 0 amide bonds. The third-order valence-electron chi connectivity index (χ3n) is 4.40. The Morgan fingerprint density at radius 3 is 2.24 bits per heavy atom. The van der Waals surface area contributed by atoms with Gasteiger partial charge in [-0.3, -0.25) is 4.79 Å². The molecule has 0 saturated heterocycles. The van der Waals surface area contributed by atoms with Gasteiger partial charge in [-0.15, -0.1) is 0 Å². The van der Waals surface area contributed by atoms with Gasteiger partial charge in [0.1, 0.15) is 0 Å². The summed E-state index contributed by atoms with van der Waals surface area (Å²) in [6.07, 6.45) is 15.4. The summed E-state index contributed by atoms with van der Waals surface area (Å²) in [6.45, 7) is 5.14.